The molecule has 12 nitrogen and oxygen atoms in total. The number of likely N-dealkylation sites (tertiary alicyclic amines) is 1. The summed E-state index contributed by atoms with van der Waals surface area (Å²) < 4.78 is 31.3. The quantitative estimate of drug-likeness (QED) is 0.294. The minimum absolute atomic E-state index is 0.0394. The average Bonchev–Trinajstić information content (AvgIpc) is 3.66. The Hall–Kier alpha value is -2.45. The van der Waals surface area contributed by atoms with Crippen molar-refractivity contribution in [3.63, 3.8) is 0 Å². The normalized spacial score (nSPS) is 47.1. The van der Waals surface area contributed by atoms with E-state index < -0.39 is 40.1 Å². The van der Waals surface area contributed by atoms with E-state index in [0.29, 0.717) is 25.9 Å². The fourth-order valence-corrected chi connectivity index (χ4v) is 13.0. The second kappa shape index (κ2) is 11.0. The van der Waals surface area contributed by atoms with Crippen molar-refractivity contribution in [2.24, 2.45) is 34.5 Å². The Kier molecular flexibility index (Phi) is 7.52. The molecule has 1 aromatic rings. The van der Waals surface area contributed by atoms with E-state index in [1.54, 1.807) is 52.7 Å². The van der Waals surface area contributed by atoms with Crippen LogP contribution in [0.1, 0.15) is 55.8 Å². The molecular weight excluding hydrogens is 620 g/mol. The molecule has 2 heterocycles. The number of piperidine rings is 1. The van der Waals surface area contributed by atoms with Crippen molar-refractivity contribution in [1.82, 2.24) is 4.90 Å². The average molecular weight is 669 g/mol. The number of ether oxygens (including phenoxy) is 5. The zero-order chi connectivity index (χ0) is 34.0. The molecule has 8 rings (SSSR count). The monoisotopic (exact) mass is 668 g/mol. The van der Waals surface area contributed by atoms with Gasteiger partial charge in [0.05, 0.1) is 48.3 Å². The SMILES string of the molecule is CCN1CC2(COC(=O)c3ccccc3N3C(=O)CCC3=O)CCC(OC)C34C5CC6C(OC)CC(O)(C5C6OC)C(O)(C(OC)C23)C14. The van der Waals surface area contributed by atoms with E-state index in [1.807, 2.05) is 0 Å². The molecule has 5 aliphatic carbocycles. The van der Waals surface area contributed by atoms with E-state index in [1.165, 1.54) is 0 Å². The molecule has 5 saturated carbocycles. The Labute approximate surface area is 280 Å². The van der Waals surface area contributed by atoms with Crippen LogP contribution in [0, 0.1) is 34.5 Å². The van der Waals surface area contributed by atoms with Crippen LogP contribution >= 0.6 is 0 Å². The first kappa shape index (κ1) is 32.7. The smallest absolute Gasteiger partial charge is 0.340 e. The summed E-state index contributed by atoms with van der Waals surface area (Å²) in [6, 6.07) is 6.11. The minimum atomic E-state index is -1.69. The summed E-state index contributed by atoms with van der Waals surface area (Å²) >= 11 is 0. The molecule has 12 heteroatoms. The molecule has 48 heavy (non-hydrogen) atoms. The van der Waals surface area contributed by atoms with Crippen LogP contribution in [0.15, 0.2) is 24.3 Å². The van der Waals surface area contributed by atoms with E-state index in [4.69, 9.17) is 23.7 Å². The molecule has 0 radical (unpaired) electrons. The molecule has 13 atom stereocenters. The number of methoxy groups -OCH3 is 4. The second-order valence-corrected chi connectivity index (χ2v) is 15.4. The highest BCUT2D eigenvalue weighted by Crippen LogP contribution is 2.80. The van der Waals surface area contributed by atoms with Crippen LogP contribution in [0.5, 0.6) is 0 Å². The van der Waals surface area contributed by atoms with Gasteiger partial charge in [-0.05, 0) is 43.9 Å². The zero-order valence-corrected chi connectivity index (χ0v) is 28.4. The lowest BCUT2D eigenvalue weighted by atomic mass is 9.42. The molecule has 1 spiro atoms. The standard InChI is InChI=1S/C36H48N2O10/c1-6-37-17-33(18-48-31(41)19-9-7-8-10-22(19)38-25(39)11-12-26(38)40)14-13-24(45-3)35-21-15-20-23(44-2)16-34(42,27(21)28(20)46-4)36(43,32(35)37)30(47-5)29(33)35/h7-10,20-21,23-24,27-30,32,42-43H,6,11-18H2,1-5H3. The summed E-state index contributed by atoms with van der Waals surface area (Å²) in [7, 11) is 6.70. The van der Waals surface area contributed by atoms with Crippen molar-refractivity contribution in [1.29, 1.82) is 0 Å². The van der Waals surface area contributed by atoms with Gasteiger partial charge in [0, 0.05) is 82.8 Å². The van der Waals surface area contributed by atoms with Crippen molar-refractivity contribution in [3.05, 3.63) is 29.8 Å². The van der Waals surface area contributed by atoms with Crippen molar-refractivity contribution in [3.8, 4) is 0 Å². The molecule has 13 unspecified atom stereocenters. The first-order valence-corrected chi connectivity index (χ1v) is 17.5. The highest BCUT2D eigenvalue weighted by Gasteiger charge is 2.91. The van der Waals surface area contributed by atoms with Crippen molar-refractivity contribution in [2.45, 2.75) is 87.1 Å². The number of hydrogen-bond acceptors (Lipinski definition) is 11. The lowest BCUT2D eigenvalue weighted by Gasteiger charge is -2.70. The number of imide groups is 1. The summed E-state index contributed by atoms with van der Waals surface area (Å²) in [5.74, 6) is -2.00. The minimum Gasteiger partial charge on any atom is -0.461 e. The second-order valence-electron chi connectivity index (χ2n) is 15.4. The molecule has 7 fully saturated rings. The van der Waals surface area contributed by atoms with Crippen LogP contribution in [0.4, 0.5) is 5.69 Å². The number of carbonyl (C=O) groups excluding carboxylic acids is 3. The highest BCUT2D eigenvalue weighted by atomic mass is 16.5. The number of fused-ring (bicyclic) bond motifs is 2. The number of para-hydroxylation sites is 1. The third-order valence-electron chi connectivity index (χ3n) is 14.2. The Balaban J connectivity index is 1.24. The van der Waals surface area contributed by atoms with Gasteiger partial charge in [-0.1, -0.05) is 19.1 Å². The summed E-state index contributed by atoms with van der Waals surface area (Å²) in [4.78, 5) is 42.6. The Morgan fingerprint density at radius 2 is 1.73 bits per heavy atom. The molecule has 7 aliphatic rings. The Morgan fingerprint density at radius 3 is 2.38 bits per heavy atom. The maximum absolute atomic E-state index is 14.0. The molecule has 262 valence electrons. The van der Waals surface area contributed by atoms with E-state index >= 15 is 0 Å². The molecule has 2 aliphatic heterocycles. The van der Waals surface area contributed by atoms with Crippen LogP contribution < -0.4 is 4.90 Å². The lowest BCUT2D eigenvalue weighted by molar-refractivity contribution is -0.320. The molecule has 2 N–H and O–H groups in total. The predicted molar refractivity (Wildman–Crippen MR) is 170 cm³/mol. The van der Waals surface area contributed by atoms with Gasteiger partial charge < -0.3 is 33.9 Å². The molecular formula is C36H48N2O10. The Morgan fingerprint density at radius 1 is 1.00 bits per heavy atom. The van der Waals surface area contributed by atoms with Gasteiger partial charge in [-0.3, -0.25) is 14.5 Å². The first-order valence-electron chi connectivity index (χ1n) is 17.5. The van der Waals surface area contributed by atoms with Crippen LogP contribution in [0.25, 0.3) is 0 Å². The number of nitrogens with zero attached hydrogens (tertiary/aromatic N) is 2. The fourth-order valence-electron chi connectivity index (χ4n) is 13.0. The number of carbonyl (C=O) groups is 3. The summed E-state index contributed by atoms with van der Waals surface area (Å²) in [6.45, 7) is 3.24. The van der Waals surface area contributed by atoms with E-state index in [-0.39, 0.29) is 90.9 Å². The molecule has 7 bridgehead atoms. The lowest BCUT2D eigenvalue weighted by Crippen LogP contribution is -2.82. The molecule has 1 aromatic carbocycles. The van der Waals surface area contributed by atoms with Crippen molar-refractivity contribution in [2.75, 3.05) is 53.0 Å². The number of benzene rings is 1. The Bertz CT molecular complexity index is 1510. The third-order valence-corrected chi connectivity index (χ3v) is 14.2. The number of amides is 2. The third kappa shape index (κ3) is 3.67. The van der Waals surface area contributed by atoms with Gasteiger partial charge in [0.25, 0.3) is 0 Å². The largest absolute Gasteiger partial charge is 0.461 e. The fraction of sp³-hybridized carbons (Fsp3) is 0.750. The van der Waals surface area contributed by atoms with Crippen LogP contribution in [-0.4, -0.2) is 123 Å². The molecule has 0 aromatic heterocycles. The first-order chi connectivity index (χ1) is 23.0. The number of esters is 1. The maximum Gasteiger partial charge on any atom is 0.340 e. The number of hydrogen-bond donors (Lipinski definition) is 2. The van der Waals surface area contributed by atoms with Crippen molar-refractivity contribution < 1.29 is 48.3 Å². The number of anilines is 1. The van der Waals surface area contributed by atoms with Crippen molar-refractivity contribution >= 4 is 23.5 Å². The summed E-state index contributed by atoms with van der Waals surface area (Å²) in [5.41, 5.74) is -4.15. The van der Waals surface area contributed by atoms with Gasteiger partial charge >= 0.3 is 5.97 Å². The van der Waals surface area contributed by atoms with E-state index in [9.17, 15) is 24.6 Å². The highest BCUT2D eigenvalue weighted by molar-refractivity contribution is 6.21. The number of rotatable bonds is 9. The van der Waals surface area contributed by atoms with E-state index in [2.05, 4.69) is 11.8 Å². The maximum atomic E-state index is 14.0. The molecule has 2 saturated heterocycles. The summed E-state index contributed by atoms with van der Waals surface area (Å²) in [6.07, 6.45) is 0.951. The van der Waals surface area contributed by atoms with Gasteiger partial charge in [0.15, 0.2) is 0 Å². The number of aliphatic hydroxyl groups is 2. The van der Waals surface area contributed by atoms with Crippen LogP contribution in [-0.2, 0) is 33.3 Å². The van der Waals surface area contributed by atoms with Gasteiger partial charge in [-0.15, -0.1) is 0 Å². The van der Waals surface area contributed by atoms with Crippen LogP contribution in [0.2, 0.25) is 0 Å². The van der Waals surface area contributed by atoms with Crippen LogP contribution in [0.3, 0.4) is 0 Å². The topological polar surface area (TPSA) is 144 Å². The summed E-state index contributed by atoms with van der Waals surface area (Å²) in [5, 5.41) is 26.5. The van der Waals surface area contributed by atoms with Gasteiger partial charge in [-0.25, -0.2) is 9.69 Å². The predicted octanol–water partition coefficient (Wildman–Crippen LogP) is 1.79. The van der Waals surface area contributed by atoms with Gasteiger partial charge in [0.2, 0.25) is 11.8 Å². The van der Waals surface area contributed by atoms with Gasteiger partial charge in [-0.2, -0.15) is 0 Å². The number of likely N-dealkylation sites (N-methyl/N-ethyl adjacent to an activating group) is 1. The zero-order valence-electron chi connectivity index (χ0n) is 28.4. The molecule has 2 amide bonds. The van der Waals surface area contributed by atoms with E-state index in [0.717, 1.165) is 11.3 Å². The van der Waals surface area contributed by atoms with Gasteiger partial charge in [0.1, 0.15) is 11.2 Å².